The Hall–Kier alpha value is -2.33. The molecule has 1 aliphatic heterocycles. The number of nitrogens with zero attached hydrogens (tertiary/aromatic N) is 2. The van der Waals surface area contributed by atoms with E-state index in [1.165, 1.54) is 33.3 Å². The Kier molecular flexibility index (Phi) is 5.88. The molecule has 3 aromatic rings. The lowest BCUT2D eigenvalue weighted by Crippen LogP contribution is -2.40. The number of anilines is 1. The third-order valence-corrected chi connectivity index (χ3v) is 7.89. The predicted octanol–water partition coefficient (Wildman–Crippen LogP) is 3.23. The number of aromatic nitrogens is 1. The summed E-state index contributed by atoms with van der Waals surface area (Å²) >= 11 is 1.51. The van der Waals surface area contributed by atoms with Crippen molar-refractivity contribution in [3.05, 3.63) is 53.1 Å². The van der Waals surface area contributed by atoms with Crippen molar-refractivity contribution in [2.45, 2.75) is 18.7 Å². The number of carbonyl (C=O) groups is 1. The van der Waals surface area contributed by atoms with Crippen LogP contribution in [0.15, 0.2) is 41.3 Å². The molecule has 1 aliphatic rings. The van der Waals surface area contributed by atoms with Crippen molar-refractivity contribution in [3.63, 3.8) is 0 Å². The van der Waals surface area contributed by atoms with Gasteiger partial charge in [0.25, 0.3) is 0 Å². The van der Waals surface area contributed by atoms with Gasteiger partial charge in [0.2, 0.25) is 10.0 Å². The fraction of sp³-hybridized carbons (Fsp3) is 0.333. The van der Waals surface area contributed by atoms with Crippen molar-refractivity contribution in [2.75, 3.05) is 38.2 Å². The molecule has 2 heterocycles. The molecule has 158 valence electrons. The quantitative estimate of drug-likeness (QED) is 0.586. The summed E-state index contributed by atoms with van der Waals surface area (Å²) in [6.07, 6.45) is 0. The minimum atomic E-state index is -3.56. The van der Waals surface area contributed by atoms with E-state index in [9.17, 15) is 13.2 Å². The number of Topliss-reactive ketones (excluding diaryl/α,β-unsaturated/α-hetero) is 1. The van der Waals surface area contributed by atoms with Gasteiger partial charge in [-0.1, -0.05) is 17.4 Å². The monoisotopic (exact) mass is 445 g/mol. The van der Waals surface area contributed by atoms with Crippen molar-refractivity contribution in [2.24, 2.45) is 0 Å². The van der Waals surface area contributed by atoms with Gasteiger partial charge in [0.1, 0.15) is 0 Å². The van der Waals surface area contributed by atoms with Crippen LogP contribution in [0.4, 0.5) is 5.13 Å². The van der Waals surface area contributed by atoms with E-state index in [0.29, 0.717) is 37.0 Å². The van der Waals surface area contributed by atoms with Crippen LogP contribution in [-0.4, -0.2) is 56.3 Å². The fourth-order valence-corrected chi connectivity index (χ4v) is 5.90. The molecule has 0 amide bonds. The maximum Gasteiger partial charge on any atom is 0.243 e. The molecule has 1 N–H and O–H groups in total. The van der Waals surface area contributed by atoms with E-state index in [0.717, 1.165) is 15.8 Å². The maximum absolute atomic E-state index is 12.7. The third-order valence-electron chi connectivity index (χ3n) is 5.01. The van der Waals surface area contributed by atoms with Crippen LogP contribution in [-0.2, 0) is 14.8 Å². The van der Waals surface area contributed by atoms with Gasteiger partial charge in [-0.15, -0.1) is 0 Å². The third kappa shape index (κ3) is 4.24. The minimum absolute atomic E-state index is 0.0907. The summed E-state index contributed by atoms with van der Waals surface area (Å²) in [6.45, 7) is 5.64. The van der Waals surface area contributed by atoms with Gasteiger partial charge >= 0.3 is 0 Å². The predicted molar refractivity (Wildman–Crippen MR) is 118 cm³/mol. The van der Waals surface area contributed by atoms with E-state index >= 15 is 0 Å². The topological polar surface area (TPSA) is 88.6 Å². The fourth-order valence-electron chi connectivity index (χ4n) is 3.45. The number of fused-ring (bicyclic) bond motifs is 1. The smallest absolute Gasteiger partial charge is 0.243 e. The second-order valence-corrected chi connectivity index (χ2v) is 10.2. The molecule has 0 atom stereocenters. The molecule has 0 unspecified atom stereocenters. The lowest BCUT2D eigenvalue weighted by atomic mass is 10.1. The number of ether oxygens (including phenoxy) is 1. The Morgan fingerprint density at radius 1 is 1.17 bits per heavy atom. The van der Waals surface area contributed by atoms with Gasteiger partial charge in [0, 0.05) is 18.7 Å². The van der Waals surface area contributed by atoms with Crippen molar-refractivity contribution < 1.29 is 17.9 Å². The van der Waals surface area contributed by atoms with E-state index in [2.05, 4.69) is 22.4 Å². The SMILES string of the molecule is Cc1cc(C)c2nc(NCC(=O)c3ccc(S(=O)(=O)N4CCOCC4)cc3)sc2c1. The average molecular weight is 446 g/mol. The summed E-state index contributed by atoms with van der Waals surface area (Å²) < 4.78 is 33.1. The molecule has 0 aliphatic carbocycles. The second kappa shape index (κ2) is 8.43. The molecule has 0 bridgehead atoms. The van der Waals surface area contributed by atoms with Crippen LogP contribution in [0.2, 0.25) is 0 Å². The maximum atomic E-state index is 12.7. The molecule has 0 saturated carbocycles. The zero-order valence-electron chi connectivity index (χ0n) is 16.8. The number of benzene rings is 2. The molecular formula is C21H23N3O4S2. The van der Waals surface area contributed by atoms with Gasteiger partial charge < -0.3 is 10.1 Å². The van der Waals surface area contributed by atoms with Crippen LogP contribution >= 0.6 is 11.3 Å². The lowest BCUT2D eigenvalue weighted by molar-refractivity contribution is 0.0730. The zero-order chi connectivity index (χ0) is 21.3. The van der Waals surface area contributed by atoms with E-state index in [1.807, 2.05) is 13.8 Å². The number of ketones is 1. The van der Waals surface area contributed by atoms with Crippen molar-refractivity contribution in [1.82, 2.24) is 9.29 Å². The first-order valence-corrected chi connectivity index (χ1v) is 11.9. The number of sulfonamides is 1. The van der Waals surface area contributed by atoms with Crippen LogP contribution in [0.1, 0.15) is 21.5 Å². The van der Waals surface area contributed by atoms with Gasteiger partial charge in [-0.05, 0) is 55.3 Å². The van der Waals surface area contributed by atoms with E-state index < -0.39 is 10.0 Å². The Labute approximate surface area is 179 Å². The molecule has 2 aromatic carbocycles. The van der Waals surface area contributed by atoms with Crippen LogP contribution in [0.5, 0.6) is 0 Å². The highest BCUT2D eigenvalue weighted by atomic mass is 32.2. The number of aryl methyl sites for hydroxylation is 2. The summed E-state index contributed by atoms with van der Waals surface area (Å²) in [5.74, 6) is -0.127. The Morgan fingerprint density at radius 2 is 1.87 bits per heavy atom. The number of hydrogen-bond donors (Lipinski definition) is 1. The molecule has 0 radical (unpaired) electrons. The standard InChI is InChI=1S/C21H23N3O4S2/c1-14-11-15(2)20-19(12-14)29-21(23-20)22-13-18(25)16-3-5-17(6-4-16)30(26,27)24-7-9-28-10-8-24/h3-6,11-12H,7-10,13H2,1-2H3,(H,22,23). The molecule has 1 saturated heterocycles. The van der Waals surface area contributed by atoms with Crippen molar-refractivity contribution in [3.8, 4) is 0 Å². The number of nitrogens with one attached hydrogen (secondary N) is 1. The highest BCUT2D eigenvalue weighted by Gasteiger charge is 2.26. The lowest BCUT2D eigenvalue weighted by Gasteiger charge is -2.26. The van der Waals surface area contributed by atoms with E-state index in [1.54, 1.807) is 12.1 Å². The van der Waals surface area contributed by atoms with Crippen LogP contribution < -0.4 is 5.32 Å². The molecule has 4 rings (SSSR count). The molecule has 7 nitrogen and oxygen atoms in total. The molecule has 0 spiro atoms. The number of rotatable bonds is 6. The second-order valence-electron chi connectivity index (χ2n) is 7.27. The van der Waals surface area contributed by atoms with E-state index in [4.69, 9.17) is 4.74 Å². The van der Waals surface area contributed by atoms with Crippen LogP contribution in [0.25, 0.3) is 10.2 Å². The normalized spacial score (nSPS) is 15.4. The largest absolute Gasteiger partial charge is 0.379 e. The zero-order valence-corrected chi connectivity index (χ0v) is 18.5. The van der Waals surface area contributed by atoms with Gasteiger partial charge in [-0.2, -0.15) is 4.31 Å². The minimum Gasteiger partial charge on any atom is -0.379 e. The first-order valence-electron chi connectivity index (χ1n) is 9.67. The van der Waals surface area contributed by atoms with Gasteiger partial charge in [-0.25, -0.2) is 13.4 Å². The summed E-state index contributed by atoms with van der Waals surface area (Å²) in [6, 6.07) is 10.3. The summed E-state index contributed by atoms with van der Waals surface area (Å²) in [4.78, 5) is 17.3. The number of carbonyl (C=O) groups excluding carboxylic acids is 1. The molecule has 30 heavy (non-hydrogen) atoms. The summed E-state index contributed by atoms with van der Waals surface area (Å²) in [5, 5.41) is 3.79. The summed E-state index contributed by atoms with van der Waals surface area (Å²) in [5.41, 5.74) is 3.69. The highest BCUT2D eigenvalue weighted by molar-refractivity contribution is 7.89. The molecular weight excluding hydrogens is 422 g/mol. The van der Waals surface area contributed by atoms with Gasteiger partial charge in [0.15, 0.2) is 10.9 Å². The Balaban J connectivity index is 1.43. The number of morpholine rings is 1. The number of thiazole rings is 1. The first-order chi connectivity index (χ1) is 14.3. The molecule has 1 aromatic heterocycles. The average Bonchev–Trinajstić information content (AvgIpc) is 3.16. The molecule has 9 heteroatoms. The summed E-state index contributed by atoms with van der Waals surface area (Å²) in [7, 11) is -3.56. The van der Waals surface area contributed by atoms with Crippen LogP contribution in [0.3, 0.4) is 0 Å². The Bertz CT molecular complexity index is 1180. The van der Waals surface area contributed by atoms with Crippen LogP contribution in [0, 0.1) is 13.8 Å². The highest BCUT2D eigenvalue weighted by Crippen LogP contribution is 2.29. The van der Waals surface area contributed by atoms with Crippen molar-refractivity contribution >= 4 is 42.5 Å². The molecule has 1 fully saturated rings. The van der Waals surface area contributed by atoms with Crippen molar-refractivity contribution in [1.29, 1.82) is 0 Å². The number of hydrogen-bond acceptors (Lipinski definition) is 7. The van der Waals surface area contributed by atoms with E-state index in [-0.39, 0.29) is 17.2 Å². The Morgan fingerprint density at radius 3 is 2.57 bits per heavy atom. The first kappa shape index (κ1) is 20.9. The van der Waals surface area contributed by atoms with Gasteiger partial charge in [0.05, 0.1) is 34.9 Å². The van der Waals surface area contributed by atoms with Gasteiger partial charge in [-0.3, -0.25) is 4.79 Å².